The molecule has 1 aliphatic heterocycles. The lowest BCUT2D eigenvalue weighted by Crippen LogP contribution is -2.38. The molecular weight excluding hydrogens is 289 g/mol. The van der Waals surface area contributed by atoms with Gasteiger partial charge in [0.1, 0.15) is 0 Å². The molecule has 0 saturated carbocycles. The molecule has 114 valence electrons. The van der Waals surface area contributed by atoms with Gasteiger partial charge in [0.25, 0.3) is 0 Å². The SMILES string of the molecule is CNCC1CCCN(Cc2cc(F)c(F)c(F)c2)C1.Cl. The Balaban J connectivity index is 0.00000200. The molecule has 6 heteroatoms. The Labute approximate surface area is 123 Å². The molecule has 2 nitrogen and oxygen atoms in total. The van der Waals surface area contributed by atoms with Crippen LogP contribution in [-0.4, -0.2) is 31.6 Å². The van der Waals surface area contributed by atoms with Gasteiger partial charge in [-0.1, -0.05) is 0 Å². The average molecular weight is 309 g/mol. The number of nitrogens with zero attached hydrogens (tertiary/aromatic N) is 1. The third-order valence-electron chi connectivity index (χ3n) is 3.55. The van der Waals surface area contributed by atoms with Crippen molar-refractivity contribution < 1.29 is 13.2 Å². The van der Waals surface area contributed by atoms with Crippen molar-refractivity contribution in [3.8, 4) is 0 Å². The smallest absolute Gasteiger partial charge is 0.194 e. The number of nitrogens with one attached hydrogen (secondary N) is 1. The molecule has 1 saturated heterocycles. The van der Waals surface area contributed by atoms with Crippen LogP contribution in [0.4, 0.5) is 13.2 Å². The van der Waals surface area contributed by atoms with Crippen LogP contribution in [0.1, 0.15) is 18.4 Å². The van der Waals surface area contributed by atoms with Crippen LogP contribution >= 0.6 is 12.4 Å². The number of benzene rings is 1. The first-order chi connectivity index (χ1) is 9.10. The van der Waals surface area contributed by atoms with Crippen molar-refractivity contribution >= 4 is 12.4 Å². The molecule has 1 atom stereocenters. The molecule has 1 unspecified atom stereocenters. The van der Waals surface area contributed by atoms with Crippen LogP contribution in [0.15, 0.2) is 12.1 Å². The first kappa shape index (κ1) is 17.3. The number of piperidine rings is 1. The number of rotatable bonds is 4. The largest absolute Gasteiger partial charge is 0.319 e. The summed E-state index contributed by atoms with van der Waals surface area (Å²) >= 11 is 0. The van der Waals surface area contributed by atoms with Crippen LogP contribution in [0.5, 0.6) is 0 Å². The lowest BCUT2D eigenvalue weighted by Gasteiger charge is -2.32. The zero-order valence-electron chi connectivity index (χ0n) is 11.5. The summed E-state index contributed by atoms with van der Waals surface area (Å²) in [4.78, 5) is 2.16. The van der Waals surface area contributed by atoms with Crippen molar-refractivity contribution in [2.24, 2.45) is 5.92 Å². The van der Waals surface area contributed by atoms with E-state index >= 15 is 0 Å². The van der Waals surface area contributed by atoms with E-state index in [-0.39, 0.29) is 12.4 Å². The molecular formula is C14H20ClF3N2. The third kappa shape index (κ3) is 4.36. The molecule has 20 heavy (non-hydrogen) atoms. The minimum atomic E-state index is -1.39. The molecule has 1 fully saturated rings. The molecule has 0 aliphatic carbocycles. The van der Waals surface area contributed by atoms with Gasteiger partial charge in [-0.2, -0.15) is 0 Å². The van der Waals surface area contributed by atoms with Crippen LogP contribution in [-0.2, 0) is 6.54 Å². The second-order valence-electron chi connectivity index (χ2n) is 5.17. The van der Waals surface area contributed by atoms with Gasteiger partial charge in [-0.15, -0.1) is 12.4 Å². The highest BCUT2D eigenvalue weighted by Crippen LogP contribution is 2.20. The van der Waals surface area contributed by atoms with Crippen molar-refractivity contribution in [1.29, 1.82) is 0 Å². The van der Waals surface area contributed by atoms with Crippen molar-refractivity contribution in [1.82, 2.24) is 10.2 Å². The van der Waals surface area contributed by atoms with Crippen molar-refractivity contribution in [2.45, 2.75) is 19.4 Å². The molecule has 1 aliphatic rings. The van der Waals surface area contributed by atoms with E-state index < -0.39 is 17.5 Å². The van der Waals surface area contributed by atoms with Gasteiger partial charge in [0.2, 0.25) is 0 Å². The van der Waals surface area contributed by atoms with Gasteiger partial charge in [0, 0.05) is 13.1 Å². The number of hydrogen-bond acceptors (Lipinski definition) is 2. The predicted octanol–water partition coefficient (Wildman–Crippen LogP) is 2.96. The summed E-state index contributed by atoms with van der Waals surface area (Å²) in [6.07, 6.45) is 2.25. The summed E-state index contributed by atoms with van der Waals surface area (Å²) in [5.41, 5.74) is 0.488. The summed E-state index contributed by atoms with van der Waals surface area (Å²) in [7, 11) is 1.92. The van der Waals surface area contributed by atoms with Crippen molar-refractivity contribution in [3.63, 3.8) is 0 Å². The summed E-state index contributed by atoms with van der Waals surface area (Å²) < 4.78 is 39.2. The molecule has 0 bridgehead atoms. The molecule has 1 N–H and O–H groups in total. The predicted molar refractivity (Wildman–Crippen MR) is 75.5 cm³/mol. The Morgan fingerprint density at radius 2 is 1.90 bits per heavy atom. The molecule has 0 radical (unpaired) electrons. The second-order valence-corrected chi connectivity index (χ2v) is 5.17. The first-order valence-corrected chi connectivity index (χ1v) is 6.60. The maximum Gasteiger partial charge on any atom is 0.194 e. The highest BCUT2D eigenvalue weighted by Gasteiger charge is 2.20. The zero-order chi connectivity index (χ0) is 13.8. The fourth-order valence-electron chi connectivity index (χ4n) is 2.71. The fourth-order valence-corrected chi connectivity index (χ4v) is 2.71. The Morgan fingerprint density at radius 1 is 1.25 bits per heavy atom. The van der Waals surface area contributed by atoms with E-state index in [2.05, 4.69) is 10.2 Å². The Hall–Kier alpha value is -0.780. The van der Waals surface area contributed by atoms with Crippen LogP contribution in [0.25, 0.3) is 0 Å². The second kappa shape index (κ2) is 7.86. The maximum absolute atomic E-state index is 13.1. The van der Waals surface area contributed by atoms with Crippen molar-refractivity contribution in [3.05, 3.63) is 35.1 Å². The molecule has 0 aromatic heterocycles. The lowest BCUT2D eigenvalue weighted by atomic mass is 9.97. The van der Waals surface area contributed by atoms with E-state index in [1.54, 1.807) is 0 Å². The van der Waals surface area contributed by atoms with Gasteiger partial charge >= 0.3 is 0 Å². The lowest BCUT2D eigenvalue weighted by molar-refractivity contribution is 0.166. The highest BCUT2D eigenvalue weighted by atomic mass is 35.5. The van der Waals surface area contributed by atoms with Gasteiger partial charge in [0.15, 0.2) is 17.5 Å². The Morgan fingerprint density at radius 3 is 2.50 bits per heavy atom. The number of likely N-dealkylation sites (tertiary alicyclic amines) is 1. The Bertz CT molecular complexity index is 417. The zero-order valence-corrected chi connectivity index (χ0v) is 12.3. The van der Waals surface area contributed by atoms with E-state index in [1.165, 1.54) is 6.42 Å². The van der Waals surface area contributed by atoms with Gasteiger partial charge < -0.3 is 5.32 Å². The van der Waals surface area contributed by atoms with Gasteiger partial charge in [-0.05, 0) is 56.6 Å². The molecule has 1 aromatic carbocycles. The van der Waals surface area contributed by atoms with E-state index in [1.807, 2.05) is 7.05 Å². The minimum Gasteiger partial charge on any atom is -0.319 e. The van der Waals surface area contributed by atoms with Gasteiger partial charge in [0.05, 0.1) is 0 Å². The van der Waals surface area contributed by atoms with Gasteiger partial charge in [-0.3, -0.25) is 4.90 Å². The fraction of sp³-hybridized carbons (Fsp3) is 0.571. The Kier molecular flexibility index (Phi) is 6.79. The quantitative estimate of drug-likeness (QED) is 0.860. The van der Waals surface area contributed by atoms with Crippen molar-refractivity contribution in [2.75, 3.05) is 26.7 Å². The summed E-state index contributed by atoms with van der Waals surface area (Å²) in [5.74, 6) is -3.05. The molecule has 1 aromatic rings. The molecule has 0 amide bonds. The first-order valence-electron chi connectivity index (χ1n) is 6.60. The molecule has 1 heterocycles. The maximum atomic E-state index is 13.1. The summed E-state index contributed by atoms with van der Waals surface area (Å²) in [6, 6.07) is 2.17. The summed E-state index contributed by atoms with van der Waals surface area (Å²) in [6.45, 7) is 3.24. The number of halogens is 4. The van der Waals surface area contributed by atoms with E-state index in [4.69, 9.17) is 0 Å². The summed E-state index contributed by atoms with van der Waals surface area (Å²) in [5, 5.41) is 3.15. The third-order valence-corrected chi connectivity index (χ3v) is 3.55. The van der Waals surface area contributed by atoms with Crippen LogP contribution < -0.4 is 5.32 Å². The van der Waals surface area contributed by atoms with Crippen LogP contribution in [0, 0.1) is 23.4 Å². The van der Waals surface area contributed by atoms with E-state index in [0.717, 1.165) is 38.2 Å². The van der Waals surface area contributed by atoms with Crippen LogP contribution in [0.3, 0.4) is 0 Å². The van der Waals surface area contributed by atoms with Crippen LogP contribution in [0.2, 0.25) is 0 Å². The van der Waals surface area contributed by atoms with Gasteiger partial charge in [-0.25, -0.2) is 13.2 Å². The monoisotopic (exact) mass is 308 g/mol. The minimum absolute atomic E-state index is 0. The average Bonchev–Trinajstić information content (AvgIpc) is 2.37. The van der Waals surface area contributed by atoms with E-state index in [9.17, 15) is 13.2 Å². The standard InChI is InChI=1S/C14H19F3N2.ClH/c1-18-7-10-3-2-4-19(8-10)9-11-5-12(15)14(17)13(16)6-11;/h5-6,10,18H,2-4,7-9H2,1H3;1H. The van der Waals surface area contributed by atoms with E-state index in [0.29, 0.717) is 18.0 Å². The number of hydrogen-bond donors (Lipinski definition) is 1. The highest BCUT2D eigenvalue weighted by molar-refractivity contribution is 5.85. The molecule has 2 rings (SSSR count). The normalized spacial score (nSPS) is 19.7. The topological polar surface area (TPSA) is 15.3 Å². The molecule has 0 spiro atoms.